The molecular formula is C15H25NO. The van der Waals surface area contributed by atoms with Crippen molar-refractivity contribution in [1.29, 1.82) is 0 Å². The fraction of sp³-hybridized carbons (Fsp3) is 0.733. The normalized spacial score (nSPS) is 25.8. The molecule has 2 atom stereocenters. The fourth-order valence-corrected chi connectivity index (χ4v) is 2.82. The minimum atomic E-state index is 0.692. The minimum Gasteiger partial charge on any atom is -0.465 e. The van der Waals surface area contributed by atoms with Crippen LogP contribution in [-0.4, -0.2) is 6.04 Å². The van der Waals surface area contributed by atoms with Crippen LogP contribution in [0.2, 0.25) is 0 Å². The van der Waals surface area contributed by atoms with Gasteiger partial charge < -0.3 is 9.73 Å². The molecule has 0 aliphatic heterocycles. The van der Waals surface area contributed by atoms with Crippen LogP contribution in [-0.2, 0) is 6.54 Å². The van der Waals surface area contributed by atoms with Crippen molar-refractivity contribution in [2.75, 3.05) is 0 Å². The van der Waals surface area contributed by atoms with E-state index in [-0.39, 0.29) is 0 Å². The zero-order valence-electron chi connectivity index (χ0n) is 11.2. The second kappa shape index (κ2) is 6.25. The molecule has 0 aromatic carbocycles. The Balaban J connectivity index is 1.75. The first-order valence-electron chi connectivity index (χ1n) is 7.06. The Morgan fingerprint density at radius 2 is 2.12 bits per heavy atom. The molecule has 1 N–H and O–H groups in total. The molecule has 1 aliphatic rings. The third kappa shape index (κ3) is 3.88. The van der Waals surface area contributed by atoms with Gasteiger partial charge in [0.2, 0.25) is 0 Å². The van der Waals surface area contributed by atoms with E-state index in [1.54, 1.807) is 0 Å². The summed E-state index contributed by atoms with van der Waals surface area (Å²) in [6.45, 7) is 5.21. The monoisotopic (exact) mass is 235 g/mol. The highest BCUT2D eigenvalue weighted by molar-refractivity contribution is 5.05. The third-order valence-corrected chi connectivity index (χ3v) is 4.03. The van der Waals surface area contributed by atoms with Crippen LogP contribution in [0, 0.1) is 12.8 Å². The summed E-state index contributed by atoms with van der Waals surface area (Å²) in [7, 11) is 0. The summed E-state index contributed by atoms with van der Waals surface area (Å²) in [4.78, 5) is 0. The van der Waals surface area contributed by atoms with Crippen molar-refractivity contribution < 1.29 is 4.42 Å². The fourth-order valence-electron chi connectivity index (χ4n) is 2.82. The van der Waals surface area contributed by atoms with Crippen molar-refractivity contribution in [3.05, 3.63) is 23.7 Å². The number of nitrogens with one attached hydrogen (secondary N) is 1. The molecule has 0 spiro atoms. The minimum absolute atomic E-state index is 0.692. The van der Waals surface area contributed by atoms with Crippen LogP contribution in [0.5, 0.6) is 0 Å². The molecular weight excluding hydrogens is 210 g/mol. The van der Waals surface area contributed by atoms with Crippen LogP contribution in [0.1, 0.15) is 57.0 Å². The molecule has 2 nitrogen and oxygen atoms in total. The van der Waals surface area contributed by atoms with Gasteiger partial charge in [0.05, 0.1) is 6.54 Å². The Kier molecular flexibility index (Phi) is 4.66. The van der Waals surface area contributed by atoms with Crippen molar-refractivity contribution in [2.24, 2.45) is 5.92 Å². The summed E-state index contributed by atoms with van der Waals surface area (Å²) in [6, 6.07) is 4.81. The summed E-state index contributed by atoms with van der Waals surface area (Å²) < 4.78 is 5.59. The smallest absolute Gasteiger partial charge is 0.117 e. The maximum atomic E-state index is 5.59. The van der Waals surface area contributed by atoms with E-state index in [2.05, 4.69) is 18.3 Å². The van der Waals surface area contributed by atoms with Gasteiger partial charge in [0.1, 0.15) is 11.5 Å². The van der Waals surface area contributed by atoms with Crippen molar-refractivity contribution in [3.8, 4) is 0 Å². The number of aryl methyl sites for hydroxylation is 1. The van der Waals surface area contributed by atoms with Gasteiger partial charge in [0.25, 0.3) is 0 Å². The molecule has 1 aliphatic carbocycles. The molecule has 1 aromatic rings. The summed E-state index contributed by atoms with van der Waals surface area (Å²) >= 11 is 0. The molecule has 2 rings (SSSR count). The predicted molar refractivity (Wildman–Crippen MR) is 70.9 cm³/mol. The van der Waals surface area contributed by atoms with Crippen molar-refractivity contribution >= 4 is 0 Å². The van der Waals surface area contributed by atoms with Gasteiger partial charge in [-0.15, -0.1) is 0 Å². The Labute approximate surface area is 105 Å². The number of hydrogen-bond donors (Lipinski definition) is 1. The van der Waals surface area contributed by atoms with Gasteiger partial charge in [-0.25, -0.2) is 0 Å². The summed E-state index contributed by atoms with van der Waals surface area (Å²) in [5, 5.41) is 3.64. The quantitative estimate of drug-likeness (QED) is 0.797. The van der Waals surface area contributed by atoms with E-state index in [1.807, 2.05) is 13.0 Å². The lowest BCUT2D eigenvalue weighted by Gasteiger charge is -2.15. The van der Waals surface area contributed by atoms with Crippen LogP contribution in [0.3, 0.4) is 0 Å². The zero-order chi connectivity index (χ0) is 12.1. The highest BCUT2D eigenvalue weighted by Crippen LogP contribution is 2.25. The van der Waals surface area contributed by atoms with Gasteiger partial charge >= 0.3 is 0 Å². The van der Waals surface area contributed by atoms with Crippen molar-refractivity contribution in [1.82, 2.24) is 5.32 Å². The molecule has 1 saturated carbocycles. The van der Waals surface area contributed by atoms with E-state index < -0.39 is 0 Å². The maximum Gasteiger partial charge on any atom is 0.117 e. The second-order valence-electron chi connectivity index (χ2n) is 5.37. The number of hydrogen-bond acceptors (Lipinski definition) is 2. The van der Waals surface area contributed by atoms with Gasteiger partial charge in [-0.2, -0.15) is 0 Å². The summed E-state index contributed by atoms with van der Waals surface area (Å²) in [5.74, 6) is 3.04. The van der Waals surface area contributed by atoms with Gasteiger partial charge in [0, 0.05) is 6.04 Å². The lowest BCUT2D eigenvalue weighted by atomic mass is 9.98. The Morgan fingerprint density at radius 1 is 1.24 bits per heavy atom. The van der Waals surface area contributed by atoms with Crippen LogP contribution in [0.25, 0.3) is 0 Å². The van der Waals surface area contributed by atoms with Gasteiger partial charge in [-0.1, -0.05) is 26.2 Å². The Hall–Kier alpha value is -0.760. The summed E-state index contributed by atoms with van der Waals surface area (Å²) in [5.41, 5.74) is 0. The first-order chi connectivity index (χ1) is 8.28. The maximum absolute atomic E-state index is 5.59. The molecule has 1 heterocycles. The lowest BCUT2D eigenvalue weighted by molar-refractivity contribution is 0.399. The van der Waals surface area contributed by atoms with Crippen molar-refractivity contribution in [2.45, 2.75) is 65.0 Å². The average molecular weight is 235 g/mol. The molecule has 2 unspecified atom stereocenters. The molecule has 2 heteroatoms. The first-order valence-corrected chi connectivity index (χ1v) is 7.06. The second-order valence-corrected chi connectivity index (χ2v) is 5.37. The Bertz CT molecular complexity index is 331. The van der Waals surface area contributed by atoms with Crippen LogP contribution in [0.15, 0.2) is 16.5 Å². The first kappa shape index (κ1) is 12.7. The van der Waals surface area contributed by atoms with Gasteiger partial charge in [0.15, 0.2) is 0 Å². The van der Waals surface area contributed by atoms with Crippen LogP contribution < -0.4 is 5.32 Å². The van der Waals surface area contributed by atoms with Gasteiger partial charge in [-0.05, 0) is 44.2 Å². The highest BCUT2D eigenvalue weighted by Gasteiger charge is 2.17. The Morgan fingerprint density at radius 3 is 2.82 bits per heavy atom. The number of rotatable bonds is 4. The average Bonchev–Trinajstić information content (AvgIpc) is 2.63. The van der Waals surface area contributed by atoms with E-state index in [0.29, 0.717) is 6.04 Å². The van der Waals surface area contributed by atoms with E-state index in [0.717, 1.165) is 24.0 Å². The van der Waals surface area contributed by atoms with E-state index in [4.69, 9.17) is 4.42 Å². The molecule has 96 valence electrons. The van der Waals surface area contributed by atoms with Crippen LogP contribution >= 0.6 is 0 Å². The summed E-state index contributed by atoms with van der Waals surface area (Å²) in [6.07, 6.45) is 8.21. The standard InChI is InChI=1S/C15H25NO/c1-3-13-5-4-6-14(9-8-13)16-11-15-10-7-12(2)17-15/h7,10,13-14,16H,3-6,8-9,11H2,1-2H3. The highest BCUT2D eigenvalue weighted by atomic mass is 16.3. The SMILES string of the molecule is CCC1CCCC(NCc2ccc(C)o2)CC1. The lowest BCUT2D eigenvalue weighted by Crippen LogP contribution is -2.27. The van der Waals surface area contributed by atoms with E-state index in [1.165, 1.54) is 38.5 Å². The molecule has 17 heavy (non-hydrogen) atoms. The molecule has 1 aromatic heterocycles. The third-order valence-electron chi connectivity index (χ3n) is 4.03. The molecule has 0 saturated heterocycles. The van der Waals surface area contributed by atoms with E-state index >= 15 is 0 Å². The largest absolute Gasteiger partial charge is 0.465 e. The van der Waals surface area contributed by atoms with Crippen LogP contribution in [0.4, 0.5) is 0 Å². The number of furan rings is 1. The topological polar surface area (TPSA) is 25.2 Å². The molecule has 1 fully saturated rings. The van der Waals surface area contributed by atoms with Crippen molar-refractivity contribution in [3.63, 3.8) is 0 Å². The van der Waals surface area contributed by atoms with E-state index in [9.17, 15) is 0 Å². The predicted octanol–water partition coefficient (Wildman–Crippen LogP) is 4.04. The van der Waals surface area contributed by atoms with Gasteiger partial charge in [-0.3, -0.25) is 0 Å². The zero-order valence-corrected chi connectivity index (χ0v) is 11.2. The molecule has 0 bridgehead atoms. The molecule has 0 amide bonds. The molecule has 0 radical (unpaired) electrons.